The van der Waals surface area contributed by atoms with Crippen molar-refractivity contribution in [1.29, 1.82) is 0 Å². The Bertz CT molecular complexity index is 591. The van der Waals surface area contributed by atoms with Gasteiger partial charge in [0.25, 0.3) is 5.91 Å². The molecule has 0 bridgehead atoms. The maximum atomic E-state index is 13.0. The van der Waals surface area contributed by atoms with Gasteiger partial charge in [-0.15, -0.1) is 11.3 Å². The first-order valence-corrected chi connectivity index (χ1v) is 6.03. The van der Waals surface area contributed by atoms with Crippen molar-refractivity contribution < 1.29 is 14.3 Å². The first-order valence-electron chi connectivity index (χ1n) is 5.21. The molecule has 1 aromatic carbocycles. The minimum atomic E-state index is -0.583. The molecule has 0 fully saturated rings. The van der Waals surface area contributed by atoms with Gasteiger partial charge < -0.3 is 5.11 Å². The number of aromatic nitrogens is 1. The van der Waals surface area contributed by atoms with Crippen LogP contribution in [0.15, 0.2) is 18.2 Å². The van der Waals surface area contributed by atoms with Crippen LogP contribution in [0.1, 0.15) is 20.9 Å². The van der Waals surface area contributed by atoms with Gasteiger partial charge >= 0.3 is 0 Å². The van der Waals surface area contributed by atoms with Gasteiger partial charge in [0.05, 0.1) is 11.3 Å². The molecule has 1 amide bonds. The highest BCUT2D eigenvalue weighted by atomic mass is 32.1. The van der Waals surface area contributed by atoms with Gasteiger partial charge in [-0.25, -0.2) is 9.37 Å². The van der Waals surface area contributed by atoms with Crippen molar-refractivity contribution in [2.45, 2.75) is 13.8 Å². The van der Waals surface area contributed by atoms with E-state index in [1.807, 2.05) is 13.8 Å². The van der Waals surface area contributed by atoms with E-state index in [0.717, 1.165) is 28.8 Å². The van der Waals surface area contributed by atoms with Crippen molar-refractivity contribution in [1.82, 2.24) is 4.98 Å². The number of aromatic hydroxyl groups is 1. The predicted octanol–water partition coefficient (Wildman–Crippen LogP) is 2.86. The molecule has 94 valence electrons. The van der Waals surface area contributed by atoms with Crippen LogP contribution < -0.4 is 5.32 Å². The molecule has 0 spiro atoms. The Labute approximate surface area is 107 Å². The Kier molecular flexibility index (Phi) is 3.29. The van der Waals surface area contributed by atoms with E-state index in [0.29, 0.717) is 5.13 Å². The second-order valence-electron chi connectivity index (χ2n) is 3.78. The van der Waals surface area contributed by atoms with E-state index >= 15 is 0 Å². The zero-order chi connectivity index (χ0) is 13.3. The first-order chi connectivity index (χ1) is 8.47. The number of phenols is 1. The molecule has 0 aliphatic carbocycles. The van der Waals surface area contributed by atoms with Crippen LogP contribution in [-0.4, -0.2) is 16.0 Å². The summed E-state index contributed by atoms with van der Waals surface area (Å²) in [6.45, 7) is 3.73. The van der Waals surface area contributed by atoms with Gasteiger partial charge in [0.1, 0.15) is 11.6 Å². The largest absolute Gasteiger partial charge is 0.507 e. The quantitative estimate of drug-likeness (QED) is 0.878. The third-order valence-electron chi connectivity index (χ3n) is 2.45. The molecule has 1 heterocycles. The predicted molar refractivity (Wildman–Crippen MR) is 67.6 cm³/mol. The second-order valence-corrected chi connectivity index (χ2v) is 4.98. The van der Waals surface area contributed by atoms with Gasteiger partial charge in [0.2, 0.25) is 0 Å². The van der Waals surface area contributed by atoms with E-state index in [1.54, 1.807) is 0 Å². The summed E-state index contributed by atoms with van der Waals surface area (Å²) < 4.78 is 13.0. The zero-order valence-electron chi connectivity index (χ0n) is 9.82. The normalized spacial score (nSPS) is 10.4. The SMILES string of the molecule is Cc1nc(NC(=O)c2cc(F)ccc2O)sc1C. The molecule has 0 atom stereocenters. The van der Waals surface area contributed by atoms with Crippen molar-refractivity contribution in [2.75, 3.05) is 5.32 Å². The highest BCUT2D eigenvalue weighted by Crippen LogP contribution is 2.24. The molecule has 18 heavy (non-hydrogen) atoms. The molecule has 2 aromatic rings. The zero-order valence-corrected chi connectivity index (χ0v) is 10.6. The molecule has 4 nitrogen and oxygen atoms in total. The molecule has 0 radical (unpaired) electrons. The number of hydrogen-bond acceptors (Lipinski definition) is 4. The topological polar surface area (TPSA) is 62.2 Å². The van der Waals surface area contributed by atoms with Gasteiger partial charge in [-0.2, -0.15) is 0 Å². The average molecular weight is 266 g/mol. The highest BCUT2D eigenvalue weighted by Gasteiger charge is 2.14. The van der Waals surface area contributed by atoms with Gasteiger partial charge in [0, 0.05) is 4.88 Å². The van der Waals surface area contributed by atoms with Crippen LogP contribution in [-0.2, 0) is 0 Å². The Balaban J connectivity index is 2.24. The number of anilines is 1. The number of hydrogen-bond donors (Lipinski definition) is 2. The molecule has 1 aromatic heterocycles. The molecule has 0 unspecified atom stereocenters. The molecule has 0 aliphatic rings. The van der Waals surface area contributed by atoms with Crippen LogP contribution in [0, 0.1) is 19.7 Å². The summed E-state index contributed by atoms with van der Waals surface area (Å²) in [4.78, 5) is 17.0. The standard InChI is InChI=1S/C12H11FN2O2S/c1-6-7(2)18-12(14-6)15-11(17)9-5-8(13)3-4-10(9)16/h3-5,16H,1-2H3,(H,14,15,17). The first kappa shape index (κ1) is 12.5. The van der Waals surface area contributed by atoms with Crippen LogP contribution >= 0.6 is 11.3 Å². The number of carbonyl (C=O) groups is 1. The Morgan fingerprint density at radius 2 is 2.17 bits per heavy atom. The third-order valence-corrected chi connectivity index (χ3v) is 3.44. The van der Waals surface area contributed by atoms with E-state index in [-0.39, 0.29) is 11.3 Å². The van der Waals surface area contributed by atoms with Gasteiger partial charge in [-0.1, -0.05) is 0 Å². The van der Waals surface area contributed by atoms with Crippen molar-refractivity contribution in [3.8, 4) is 5.75 Å². The summed E-state index contributed by atoms with van der Waals surface area (Å²) in [6, 6.07) is 3.21. The van der Waals surface area contributed by atoms with Crippen LogP contribution in [0.4, 0.5) is 9.52 Å². The highest BCUT2D eigenvalue weighted by molar-refractivity contribution is 7.15. The van der Waals surface area contributed by atoms with E-state index in [9.17, 15) is 14.3 Å². The number of halogens is 1. The summed E-state index contributed by atoms with van der Waals surface area (Å²) >= 11 is 1.33. The Morgan fingerprint density at radius 3 is 2.78 bits per heavy atom. The van der Waals surface area contributed by atoms with Crippen molar-refractivity contribution in [3.05, 3.63) is 40.2 Å². The molecular formula is C12H11FN2O2S. The second kappa shape index (κ2) is 4.73. The van der Waals surface area contributed by atoms with E-state index in [4.69, 9.17) is 0 Å². The van der Waals surface area contributed by atoms with Crippen molar-refractivity contribution >= 4 is 22.4 Å². The minimum absolute atomic E-state index is 0.111. The Morgan fingerprint density at radius 1 is 1.44 bits per heavy atom. The number of thiazole rings is 1. The molecule has 2 rings (SSSR count). The number of phenolic OH excluding ortho intramolecular Hbond substituents is 1. The number of carbonyl (C=O) groups excluding carboxylic acids is 1. The summed E-state index contributed by atoms with van der Waals surface area (Å²) in [5.74, 6) is -1.43. The summed E-state index contributed by atoms with van der Waals surface area (Å²) in [5, 5.41) is 12.5. The fraction of sp³-hybridized carbons (Fsp3) is 0.167. The number of nitrogens with one attached hydrogen (secondary N) is 1. The van der Waals surface area contributed by atoms with Crippen LogP contribution in [0.2, 0.25) is 0 Å². The minimum Gasteiger partial charge on any atom is -0.507 e. The summed E-state index contributed by atoms with van der Waals surface area (Å²) in [5.41, 5.74) is 0.722. The molecule has 0 saturated carbocycles. The van der Waals surface area contributed by atoms with E-state index < -0.39 is 11.7 Å². The van der Waals surface area contributed by atoms with Gasteiger partial charge in [-0.05, 0) is 32.0 Å². The number of rotatable bonds is 2. The molecule has 0 saturated heterocycles. The monoisotopic (exact) mass is 266 g/mol. The molecule has 2 N–H and O–H groups in total. The van der Waals surface area contributed by atoms with Crippen LogP contribution in [0.25, 0.3) is 0 Å². The lowest BCUT2D eigenvalue weighted by Gasteiger charge is -2.04. The fourth-order valence-corrected chi connectivity index (χ4v) is 2.19. The van der Waals surface area contributed by atoms with E-state index in [1.165, 1.54) is 11.3 Å². The van der Waals surface area contributed by atoms with Crippen LogP contribution in [0.3, 0.4) is 0 Å². The number of benzene rings is 1. The lowest BCUT2D eigenvalue weighted by atomic mass is 10.2. The number of nitrogens with zero attached hydrogens (tertiary/aromatic N) is 1. The van der Waals surface area contributed by atoms with Crippen molar-refractivity contribution in [3.63, 3.8) is 0 Å². The smallest absolute Gasteiger partial charge is 0.261 e. The fourth-order valence-electron chi connectivity index (χ4n) is 1.38. The molecule has 6 heteroatoms. The van der Waals surface area contributed by atoms with Crippen LogP contribution in [0.5, 0.6) is 5.75 Å². The number of aryl methyl sites for hydroxylation is 2. The Hall–Kier alpha value is -1.95. The summed E-state index contributed by atoms with van der Waals surface area (Å²) in [7, 11) is 0. The lowest BCUT2D eigenvalue weighted by molar-refractivity contribution is 0.102. The summed E-state index contributed by atoms with van der Waals surface area (Å²) in [6.07, 6.45) is 0. The average Bonchev–Trinajstić information content (AvgIpc) is 2.61. The van der Waals surface area contributed by atoms with Crippen molar-refractivity contribution in [2.24, 2.45) is 0 Å². The van der Waals surface area contributed by atoms with Gasteiger partial charge in [-0.3, -0.25) is 10.1 Å². The van der Waals surface area contributed by atoms with E-state index in [2.05, 4.69) is 10.3 Å². The van der Waals surface area contributed by atoms with Gasteiger partial charge in [0.15, 0.2) is 5.13 Å². The maximum absolute atomic E-state index is 13.0. The molecular weight excluding hydrogens is 255 g/mol. The number of amides is 1. The molecule has 0 aliphatic heterocycles. The lowest BCUT2D eigenvalue weighted by Crippen LogP contribution is -2.12. The third kappa shape index (κ3) is 2.48. The maximum Gasteiger partial charge on any atom is 0.261 e.